The predicted molar refractivity (Wildman–Crippen MR) is 55.9 cm³/mol. The third-order valence-corrected chi connectivity index (χ3v) is 2.05. The normalized spacial score (nSPS) is 12.3. The Labute approximate surface area is 88.1 Å². The molecule has 0 radical (unpaired) electrons. The van der Waals surface area contributed by atoms with Crippen LogP contribution in [0.15, 0.2) is 18.7 Å². The fraction of sp³-hybridized carbons (Fsp3) is 0.556. The molecular formula is C9H16N4O2. The molecule has 0 saturated carbocycles. The lowest BCUT2D eigenvalue weighted by Gasteiger charge is -2.15. The van der Waals surface area contributed by atoms with Gasteiger partial charge in [0.2, 0.25) is 0 Å². The van der Waals surface area contributed by atoms with Crippen molar-refractivity contribution in [3.8, 4) is 0 Å². The van der Waals surface area contributed by atoms with E-state index in [2.05, 4.69) is 10.4 Å². The average molecular weight is 212 g/mol. The zero-order valence-electron chi connectivity index (χ0n) is 8.47. The average Bonchev–Trinajstić information content (AvgIpc) is 2.69. The molecule has 6 nitrogen and oxygen atoms in total. The van der Waals surface area contributed by atoms with Gasteiger partial charge in [0.25, 0.3) is 0 Å². The molecule has 0 amide bonds. The molecule has 6 heteroatoms. The van der Waals surface area contributed by atoms with Gasteiger partial charge in [-0.05, 0) is 25.8 Å². The van der Waals surface area contributed by atoms with E-state index >= 15 is 0 Å². The zero-order valence-corrected chi connectivity index (χ0v) is 8.47. The number of aromatic nitrogens is 2. The first kappa shape index (κ1) is 11.5. The van der Waals surface area contributed by atoms with Crippen molar-refractivity contribution in [1.82, 2.24) is 9.66 Å². The number of hydrogen-bond donors (Lipinski definition) is 3. The molecule has 1 rings (SSSR count). The van der Waals surface area contributed by atoms with Gasteiger partial charge in [-0.15, -0.1) is 0 Å². The van der Waals surface area contributed by atoms with E-state index in [0.29, 0.717) is 13.0 Å². The molecule has 0 saturated heterocycles. The minimum absolute atomic E-state index is 0.560. The van der Waals surface area contributed by atoms with Gasteiger partial charge in [0.15, 0.2) is 0 Å². The maximum Gasteiger partial charge on any atom is 0.327 e. The van der Waals surface area contributed by atoms with E-state index in [-0.39, 0.29) is 0 Å². The van der Waals surface area contributed by atoms with Crippen molar-refractivity contribution >= 4 is 5.97 Å². The maximum absolute atomic E-state index is 10.9. The van der Waals surface area contributed by atoms with Crippen molar-refractivity contribution < 1.29 is 9.90 Å². The van der Waals surface area contributed by atoms with E-state index in [1.54, 1.807) is 17.1 Å². The maximum atomic E-state index is 10.9. The highest BCUT2D eigenvalue weighted by molar-refractivity contribution is 5.74. The SMILES string of the molecule is NCCCC[C@H](Nn1ccnc1)C(=O)O. The summed E-state index contributed by atoms with van der Waals surface area (Å²) >= 11 is 0. The van der Waals surface area contributed by atoms with E-state index < -0.39 is 12.0 Å². The summed E-state index contributed by atoms with van der Waals surface area (Å²) in [6.07, 6.45) is 6.98. The molecule has 0 aliphatic carbocycles. The molecule has 0 fully saturated rings. The molecule has 0 aromatic carbocycles. The zero-order chi connectivity index (χ0) is 11.1. The number of nitrogens with two attached hydrogens (primary N) is 1. The Balaban J connectivity index is 2.40. The van der Waals surface area contributed by atoms with Crippen LogP contribution in [0.3, 0.4) is 0 Å². The van der Waals surface area contributed by atoms with Crippen molar-refractivity contribution in [2.45, 2.75) is 25.3 Å². The third kappa shape index (κ3) is 3.99. The van der Waals surface area contributed by atoms with Crippen LogP contribution in [-0.2, 0) is 4.79 Å². The monoisotopic (exact) mass is 212 g/mol. The van der Waals surface area contributed by atoms with E-state index in [9.17, 15) is 4.79 Å². The molecular weight excluding hydrogens is 196 g/mol. The molecule has 0 bridgehead atoms. The fourth-order valence-corrected chi connectivity index (χ4v) is 1.25. The molecule has 84 valence electrons. The molecule has 0 spiro atoms. The Morgan fingerprint density at radius 3 is 2.93 bits per heavy atom. The van der Waals surface area contributed by atoms with E-state index in [1.165, 1.54) is 6.33 Å². The van der Waals surface area contributed by atoms with Crippen LogP contribution in [0.1, 0.15) is 19.3 Å². The number of nitrogens with one attached hydrogen (secondary N) is 1. The molecule has 0 aliphatic heterocycles. The Morgan fingerprint density at radius 1 is 1.60 bits per heavy atom. The lowest BCUT2D eigenvalue weighted by Crippen LogP contribution is -2.34. The molecule has 1 aromatic heterocycles. The fourth-order valence-electron chi connectivity index (χ4n) is 1.25. The second-order valence-corrected chi connectivity index (χ2v) is 3.27. The number of aliphatic carboxylic acids is 1. The molecule has 0 unspecified atom stereocenters. The second kappa shape index (κ2) is 6.02. The molecule has 1 heterocycles. The summed E-state index contributed by atoms with van der Waals surface area (Å²) in [6, 6.07) is -0.592. The first-order valence-corrected chi connectivity index (χ1v) is 4.91. The van der Waals surface area contributed by atoms with Gasteiger partial charge in [-0.3, -0.25) is 4.68 Å². The quantitative estimate of drug-likeness (QED) is 0.553. The summed E-state index contributed by atoms with van der Waals surface area (Å²) in [5, 5.41) is 8.94. The molecule has 15 heavy (non-hydrogen) atoms. The van der Waals surface area contributed by atoms with Crippen molar-refractivity contribution in [2.75, 3.05) is 12.0 Å². The van der Waals surface area contributed by atoms with Crippen molar-refractivity contribution in [1.29, 1.82) is 0 Å². The van der Waals surface area contributed by atoms with Crippen LogP contribution in [0.2, 0.25) is 0 Å². The largest absolute Gasteiger partial charge is 0.480 e. The number of nitrogens with zero attached hydrogens (tertiary/aromatic N) is 2. The van der Waals surface area contributed by atoms with Crippen molar-refractivity contribution in [3.63, 3.8) is 0 Å². The highest BCUT2D eigenvalue weighted by Gasteiger charge is 2.16. The standard InChI is InChI=1S/C9H16N4O2/c10-4-2-1-3-8(9(14)15)12-13-6-5-11-7-13/h5-8,12H,1-4,10H2,(H,14,15)/t8-/m0/s1. The summed E-state index contributed by atoms with van der Waals surface area (Å²) in [4.78, 5) is 14.7. The van der Waals surface area contributed by atoms with Gasteiger partial charge in [-0.25, -0.2) is 9.78 Å². The summed E-state index contributed by atoms with van der Waals surface area (Å²) in [7, 11) is 0. The van der Waals surface area contributed by atoms with Crippen LogP contribution >= 0.6 is 0 Å². The number of rotatable bonds is 7. The minimum atomic E-state index is -0.860. The number of carboxylic acids is 1. The highest BCUT2D eigenvalue weighted by Crippen LogP contribution is 2.02. The van der Waals surface area contributed by atoms with E-state index in [0.717, 1.165) is 12.8 Å². The van der Waals surface area contributed by atoms with E-state index in [1.807, 2.05) is 0 Å². The van der Waals surface area contributed by atoms with Gasteiger partial charge in [0.1, 0.15) is 12.4 Å². The highest BCUT2D eigenvalue weighted by atomic mass is 16.4. The van der Waals surface area contributed by atoms with Crippen molar-refractivity contribution in [2.24, 2.45) is 5.73 Å². The lowest BCUT2D eigenvalue weighted by molar-refractivity contribution is -0.138. The van der Waals surface area contributed by atoms with Crippen LogP contribution in [0.4, 0.5) is 0 Å². The predicted octanol–water partition coefficient (Wildman–Crippen LogP) is 0.00880. The molecule has 1 aromatic rings. The first-order valence-electron chi connectivity index (χ1n) is 4.91. The number of carboxylic acid groups (broad SMARTS) is 1. The first-order chi connectivity index (χ1) is 7.24. The van der Waals surface area contributed by atoms with Crippen molar-refractivity contribution in [3.05, 3.63) is 18.7 Å². The third-order valence-electron chi connectivity index (χ3n) is 2.05. The van der Waals surface area contributed by atoms with Gasteiger partial charge in [0.05, 0.1) is 0 Å². The lowest BCUT2D eigenvalue weighted by atomic mass is 10.1. The van der Waals surface area contributed by atoms with Crippen LogP contribution in [0.25, 0.3) is 0 Å². The summed E-state index contributed by atoms with van der Waals surface area (Å²) in [5.41, 5.74) is 8.17. The number of carbonyl (C=O) groups is 1. The van der Waals surface area contributed by atoms with E-state index in [4.69, 9.17) is 10.8 Å². The van der Waals surface area contributed by atoms with Gasteiger partial charge in [-0.2, -0.15) is 0 Å². The topological polar surface area (TPSA) is 93.2 Å². The Kier molecular flexibility index (Phi) is 4.62. The van der Waals surface area contributed by atoms with Crippen LogP contribution in [0, 0.1) is 0 Å². The molecule has 1 atom stereocenters. The Morgan fingerprint density at radius 2 is 2.40 bits per heavy atom. The summed E-state index contributed by atoms with van der Waals surface area (Å²) in [6.45, 7) is 0.595. The van der Waals surface area contributed by atoms with Gasteiger partial charge in [-0.1, -0.05) is 0 Å². The second-order valence-electron chi connectivity index (χ2n) is 3.27. The smallest absolute Gasteiger partial charge is 0.327 e. The van der Waals surface area contributed by atoms with Gasteiger partial charge < -0.3 is 16.3 Å². The van der Waals surface area contributed by atoms with Gasteiger partial charge in [0, 0.05) is 12.4 Å². The van der Waals surface area contributed by atoms with Crippen LogP contribution < -0.4 is 11.2 Å². The van der Waals surface area contributed by atoms with Crippen LogP contribution in [0.5, 0.6) is 0 Å². The van der Waals surface area contributed by atoms with Gasteiger partial charge >= 0.3 is 5.97 Å². The minimum Gasteiger partial charge on any atom is -0.480 e. The molecule has 4 N–H and O–H groups in total. The summed E-state index contributed by atoms with van der Waals surface area (Å²) < 4.78 is 1.54. The summed E-state index contributed by atoms with van der Waals surface area (Å²) in [5.74, 6) is -0.860. The number of imidazole rings is 1. The number of hydrogen-bond acceptors (Lipinski definition) is 4. The number of unbranched alkanes of at least 4 members (excludes halogenated alkanes) is 1. The molecule has 0 aliphatic rings. The Hall–Kier alpha value is -1.56. The Bertz CT molecular complexity index is 286. The van der Waals surface area contributed by atoms with Crippen LogP contribution in [-0.4, -0.2) is 33.3 Å².